The summed E-state index contributed by atoms with van der Waals surface area (Å²) < 4.78 is 2.16. The minimum absolute atomic E-state index is 0.0602. The molecule has 0 radical (unpaired) electrons. The van der Waals surface area contributed by atoms with Crippen molar-refractivity contribution in [2.24, 2.45) is 0 Å². The Morgan fingerprint density at radius 3 is 2.83 bits per heavy atom. The lowest BCUT2D eigenvalue weighted by molar-refractivity contribution is -0.122. The Kier molecular flexibility index (Phi) is 4.68. The Morgan fingerprint density at radius 1 is 1.35 bits per heavy atom. The summed E-state index contributed by atoms with van der Waals surface area (Å²) >= 11 is 6.80. The molecule has 2 aromatic heterocycles. The topological polar surface area (TPSA) is 62.7 Å². The molecule has 7 heteroatoms. The van der Waals surface area contributed by atoms with Crippen LogP contribution < -0.4 is 5.32 Å². The standard InChI is InChI=1S/C16H16N4OS2/c1-11(12-6-3-2-4-7-12)17-14(21)10-20-15(18-19-16(20)22)13-8-5-9-23-13/h2-9,11H,10H2,1H3,(H,17,21)(H,19,22). The van der Waals surface area contributed by atoms with Gasteiger partial charge in [0.2, 0.25) is 5.91 Å². The number of benzene rings is 1. The number of carbonyl (C=O) groups excluding carboxylic acids is 1. The maximum Gasteiger partial charge on any atom is 0.240 e. The van der Waals surface area contributed by atoms with Crippen LogP contribution in [-0.4, -0.2) is 20.7 Å². The molecule has 0 bridgehead atoms. The molecular formula is C16H16N4OS2. The molecule has 2 heterocycles. The van der Waals surface area contributed by atoms with Crippen LogP contribution in [0.4, 0.5) is 0 Å². The molecule has 0 saturated heterocycles. The average molecular weight is 344 g/mol. The summed E-state index contributed by atoms with van der Waals surface area (Å²) in [6.45, 7) is 2.10. The molecule has 0 spiro atoms. The van der Waals surface area contributed by atoms with Crippen LogP contribution in [0.3, 0.4) is 0 Å². The molecule has 1 unspecified atom stereocenters. The molecule has 23 heavy (non-hydrogen) atoms. The number of nitrogens with zero attached hydrogens (tertiary/aromatic N) is 2. The van der Waals surface area contributed by atoms with E-state index in [0.717, 1.165) is 10.4 Å². The largest absolute Gasteiger partial charge is 0.348 e. The van der Waals surface area contributed by atoms with Crippen LogP contribution in [0.25, 0.3) is 10.7 Å². The van der Waals surface area contributed by atoms with Gasteiger partial charge in [-0.2, -0.15) is 5.10 Å². The lowest BCUT2D eigenvalue weighted by atomic mass is 10.1. The molecule has 5 nitrogen and oxygen atoms in total. The third-order valence-electron chi connectivity index (χ3n) is 3.48. The van der Waals surface area contributed by atoms with Gasteiger partial charge in [-0.05, 0) is 36.2 Å². The van der Waals surface area contributed by atoms with Crippen molar-refractivity contribution in [3.8, 4) is 10.7 Å². The van der Waals surface area contributed by atoms with Crippen molar-refractivity contribution in [1.29, 1.82) is 0 Å². The Labute approximate surface area is 143 Å². The fourth-order valence-electron chi connectivity index (χ4n) is 2.31. The summed E-state index contributed by atoms with van der Waals surface area (Å²) in [6.07, 6.45) is 0. The molecule has 3 aromatic rings. The number of thiophene rings is 1. The second kappa shape index (κ2) is 6.89. The summed E-state index contributed by atoms with van der Waals surface area (Å²) in [7, 11) is 0. The number of H-pyrrole nitrogens is 1. The zero-order valence-corrected chi connectivity index (χ0v) is 14.2. The van der Waals surface area contributed by atoms with E-state index < -0.39 is 0 Å². The minimum Gasteiger partial charge on any atom is -0.348 e. The first-order chi connectivity index (χ1) is 11.1. The SMILES string of the molecule is CC(NC(=O)Cn1c(-c2cccs2)n[nH]c1=S)c1ccccc1. The van der Waals surface area contributed by atoms with Crippen LogP contribution in [0.15, 0.2) is 47.8 Å². The molecule has 1 aromatic carbocycles. The molecule has 0 aliphatic heterocycles. The van der Waals surface area contributed by atoms with Gasteiger partial charge >= 0.3 is 0 Å². The first kappa shape index (κ1) is 15.6. The fourth-order valence-corrected chi connectivity index (χ4v) is 3.23. The normalized spacial score (nSPS) is 12.0. The second-order valence-electron chi connectivity index (χ2n) is 5.12. The number of hydrogen-bond acceptors (Lipinski definition) is 4. The third kappa shape index (κ3) is 3.57. The second-order valence-corrected chi connectivity index (χ2v) is 6.45. The van der Waals surface area contributed by atoms with E-state index in [1.807, 2.05) is 54.8 Å². The lowest BCUT2D eigenvalue weighted by Gasteiger charge is -2.14. The smallest absolute Gasteiger partial charge is 0.240 e. The van der Waals surface area contributed by atoms with Crippen molar-refractivity contribution in [1.82, 2.24) is 20.1 Å². The Bertz CT molecular complexity index is 837. The maximum absolute atomic E-state index is 12.4. The highest BCUT2D eigenvalue weighted by Gasteiger charge is 2.15. The summed E-state index contributed by atoms with van der Waals surface area (Å²) in [5, 5.41) is 11.9. The third-order valence-corrected chi connectivity index (χ3v) is 4.66. The monoisotopic (exact) mass is 344 g/mol. The van der Waals surface area contributed by atoms with Crippen molar-refractivity contribution < 1.29 is 4.79 Å². The van der Waals surface area contributed by atoms with E-state index in [1.165, 1.54) is 0 Å². The van der Waals surface area contributed by atoms with Crippen molar-refractivity contribution in [3.05, 3.63) is 58.2 Å². The van der Waals surface area contributed by atoms with Crippen LogP contribution in [-0.2, 0) is 11.3 Å². The van der Waals surface area contributed by atoms with Crippen molar-refractivity contribution in [3.63, 3.8) is 0 Å². The molecule has 3 rings (SSSR count). The van der Waals surface area contributed by atoms with Gasteiger partial charge in [-0.25, -0.2) is 0 Å². The Hall–Kier alpha value is -2.25. The summed E-state index contributed by atoms with van der Waals surface area (Å²) in [5.41, 5.74) is 1.06. The van der Waals surface area contributed by atoms with Gasteiger partial charge in [0.1, 0.15) is 6.54 Å². The number of nitrogens with one attached hydrogen (secondary N) is 2. The highest BCUT2D eigenvalue weighted by molar-refractivity contribution is 7.71. The first-order valence-corrected chi connectivity index (χ1v) is 8.47. The van der Waals surface area contributed by atoms with Crippen LogP contribution in [0.2, 0.25) is 0 Å². The number of rotatable bonds is 5. The number of amides is 1. The molecule has 0 aliphatic carbocycles. The number of aromatic nitrogens is 3. The lowest BCUT2D eigenvalue weighted by Crippen LogP contribution is -2.30. The number of carbonyl (C=O) groups is 1. The summed E-state index contributed by atoms with van der Waals surface area (Å²) in [5.74, 6) is 0.587. The Balaban J connectivity index is 1.74. The van der Waals surface area contributed by atoms with Gasteiger partial charge in [0.25, 0.3) is 0 Å². The van der Waals surface area contributed by atoms with Crippen LogP contribution in [0.1, 0.15) is 18.5 Å². The van der Waals surface area contributed by atoms with Gasteiger partial charge in [0.05, 0.1) is 10.9 Å². The predicted octanol–water partition coefficient (Wildman–Crippen LogP) is 3.55. The van der Waals surface area contributed by atoms with Gasteiger partial charge in [-0.3, -0.25) is 14.5 Å². The fraction of sp³-hybridized carbons (Fsp3) is 0.188. The minimum atomic E-state index is -0.100. The highest BCUT2D eigenvalue weighted by Crippen LogP contribution is 2.22. The van der Waals surface area contributed by atoms with E-state index in [9.17, 15) is 4.79 Å². The zero-order chi connectivity index (χ0) is 16.2. The van der Waals surface area contributed by atoms with Crippen LogP contribution >= 0.6 is 23.6 Å². The zero-order valence-electron chi connectivity index (χ0n) is 12.5. The van der Waals surface area contributed by atoms with E-state index in [1.54, 1.807) is 15.9 Å². The van der Waals surface area contributed by atoms with E-state index in [0.29, 0.717) is 10.6 Å². The van der Waals surface area contributed by atoms with Crippen molar-refractivity contribution >= 4 is 29.5 Å². The molecule has 0 fully saturated rings. The van der Waals surface area contributed by atoms with E-state index in [4.69, 9.17) is 12.2 Å². The van der Waals surface area contributed by atoms with Gasteiger partial charge in [0, 0.05) is 0 Å². The van der Waals surface area contributed by atoms with Crippen LogP contribution in [0.5, 0.6) is 0 Å². The van der Waals surface area contributed by atoms with Gasteiger partial charge < -0.3 is 5.32 Å². The van der Waals surface area contributed by atoms with E-state index in [2.05, 4.69) is 15.5 Å². The van der Waals surface area contributed by atoms with Crippen LogP contribution in [0, 0.1) is 4.77 Å². The number of hydrogen-bond donors (Lipinski definition) is 2. The van der Waals surface area contributed by atoms with Gasteiger partial charge in [0.15, 0.2) is 10.6 Å². The van der Waals surface area contributed by atoms with E-state index in [-0.39, 0.29) is 18.5 Å². The molecule has 118 valence electrons. The Morgan fingerprint density at radius 2 is 2.13 bits per heavy atom. The maximum atomic E-state index is 12.4. The van der Waals surface area contributed by atoms with Crippen molar-refractivity contribution in [2.75, 3.05) is 0 Å². The molecule has 0 aliphatic rings. The molecule has 2 N–H and O–H groups in total. The molecule has 1 amide bonds. The predicted molar refractivity (Wildman–Crippen MR) is 93.7 cm³/mol. The molecular weight excluding hydrogens is 328 g/mol. The number of aromatic amines is 1. The molecule has 0 saturated carbocycles. The first-order valence-electron chi connectivity index (χ1n) is 7.18. The summed E-state index contributed by atoms with van der Waals surface area (Å²) in [6, 6.07) is 13.7. The van der Waals surface area contributed by atoms with Crippen molar-refractivity contribution in [2.45, 2.75) is 19.5 Å². The van der Waals surface area contributed by atoms with E-state index >= 15 is 0 Å². The highest BCUT2D eigenvalue weighted by atomic mass is 32.1. The summed E-state index contributed by atoms with van der Waals surface area (Å²) in [4.78, 5) is 13.3. The quantitative estimate of drug-likeness (QED) is 0.696. The average Bonchev–Trinajstić information content (AvgIpc) is 3.19. The van der Waals surface area contributed by atoms with Gasteiger partial charge in [-0.15, -0.1) is 11.3 Å². The van der Waals surface area contributed by atoms with Gasteiger partial charge in [-0.1, -0.05) is 36.4 Å². The molecule has 1 atom stereocenters.